The molecule has 0 aromatic heterocycles. The Morgan fingerprint density at radius 3 is 2.60 bits per heavy atom. The molecule has 4 unspecified atom stereocenters. The van der Waals surface area contributed by atoms with Gasteiger partial charge in [0.1, 0.15) is 13.2 Å². The number of amides is 1. The molecular formula is C18H25N3O4. The highest BCUT2D eigenvalue weighted by Gasteiger charge is 2.39. The predicted octanol–water partition coefficient (Wildman–Crippen LogP) is 0.859. The van der Waals surface area contributed by atoms with E-state index in [0.29, 0.717) is 32.8 Å². The molecule has 1 amide bonds. The average molecular weight is 347 g/mol. The van der Waals surface area contributed by atoms with Crippen LogP contribution in [-0.4, -0.2) is 55.9 Å². The highest BCUT2D eigenvalue weighted by Crippen LogP contribution is 2.35. The SMILES string of the molecule is CC1CN(C(=O)C2CNNC2c2ccc3c(c2)OCCO3)CC(C)O1. The number of carbonyl (C=O) groups is 1. The van der Waals surface area contributed by atoms with Crippen molar-refractivity contribution in [3.05, 3.63) is 23.8 Å². The molecule has 0 radical (unpaired) electrons. The fourth-order valence-electron chi connectivity index (χ4n) is 3.89. The molecule has 3 aliphatic heterocycles. The van der Waals surface area contributed by atoms with Gasteiger partial charge in [0.2, 0.25) is 5.91 Å². The van der Waals surface area contributed by atoms with Crippen LogP contribution >= 0.6 is 0 Å². The van der Waals surface area contributed by atoms with Gasteiger partial charge in [-0.05, 0) is 31.5 Å². The minimum Gasteiger partial charge on any atom is -0.486 e. The summed E-state index contributed by atoms with van der Waals surface area (Å²) in [5.74, 6) is 1.52. The van der Waals surface area contributed by atoms with Crippen LogP contribution in [0.2, 0.25) is 0 Å². The third-order valence-corrected chi connectivity index (χ3v) is 4.96. The molecule has 7 heteroatoms. The quantitative estimate of drug-likeness (QED) is 0.827. The Balaban J connectivity index is 1.53. The smallest absolute Gasteiger partial charge is 0.229 e. The van der Waals surface area contributed by atoms with E-state index in [1.807, 2.05) is 36.9 Å². The van der Waals surface area contributed by atoms with E-state index >= 15 is 0 Å². The van der Waals surface area contributed by atoms with Crippen LogP contribution < -0.4 is 20.3 Å². The topological polar surface area (TPSA) is 72.1 Å². The van der Waals surface area contributed by atoms with Crippen molar-refractivity contribution in [2.45, 2.75) is 32.1 Å². The molecule has 2 fully saturated rings. The monoisotopic (exact) mass is 347 g/mol. The normalized spacial score (nSPS) is 31.8. The number of rotatable bonds is 2. The number of morpholine rings is 1. The molecule has 1 aromatic rings. The summed E-state index contributed by atoms with van der Waals surface area (Å²) in [6, 6.07) is 5.81. The summed E-state index contributed by atoms with van der Waals surface area (Å²) in [4.78, 5) is 15.0. The lowest BCUT2D eigenvalue weighted by atomic mass is 9.93. The molecular weight excluding hydrogens is 322 g/mol. The second-order valence-corrected chi connectivity index (χ2v) is 7.01. The lowest BCUT2D eigenvalue weighted by Gasteiger charge is -2.37. The van der Waals surface area contributed by atoms with E-state index in [2.05, 4.69) is 10.9 Å². The molecule has 0 saturated carbocycles. The summed E-state index contributed by atoms with van der Waals surface area (Å²) in [5, 5.41) is 0. The third kappa shape index (κ3) is 3.31. The number of hydrogen-bond donors (Lipinski definition) is 2. The second-order valence-electron chi connectivity index (χ2n) is 7.01. The standard InChI is InChI=1S/C18H25N3O4/c1-11-9-21(10-12(2)25-11)18(22)14-8-19-20-17(14)13-3-4-15-16(7-13)24-6-5-23-15/h3-4,7,11-12,14,17,19-20H,5-6,8-10H2,1-2H3. The highest BCUT2D eigenvalue weighted by atomic mass is 16.6. The summed E-state index contributed by atoms with van der Waals surface area (Å²) in [6.07, 6.45) is 0.144. The Labute approximate surface area is 147 Å². The predicted molar refractivity (Wildman–Crippen MR) is 91.4 cm³/mol. The zero-order chi connectivity index (χ0) is 17.4. The van der Waals surface area contributed by atoms with Crippen molar-refractivity contribution in [2.75, 3.05) is 32.8 Å². The summed E-state index contributed by atoms with van der Waals surface area (Å²) in [5.41, 5.74) is 7.42. The van der Waals surface area contributed by atoms with Crippen molar-refractivity contribution in [1.82, 2.24) is 15.8 Å². The van der Waals surface area contributed by atoms with E-state index in [-0.39, 0.29) is 30.1 Å². The first-order valence-electron chi connectivity index (χ1n) is 8.94. The van der Waals surface area contributed by atoms with Gasteiger partial charge in [-0.1, -0.05) is 6.07 Å². The number of hydrogen-bond acceptors (Lipinski definition) is 6. The molecule has 25 heavy (non-hydrogen) atoms. The van der Waals surface area contributed by atoms with Crippen LogP contribution in [0.1, 0.15) is 25.5 Å². The largest absolute Gasteiger partial charge is 0.486 e. The van der Waals surface area contributed by atoms with Gasteiger partial charge in [0, 0.05) is 19.6 Å². The minimum atomic E-state index is -0.153. The van der Waals surface area contributed by atoms with E-state index in [0.717, 1.165) is 17.1 Å². The maximum absolute atomic E-state index is 13.1. The van der Waals surface area contributed by atoms with Crippen LogP contribution in [0.5, 0.6) is 11.5 Å². The summed E-state index contributed by atoms with van der Waals surface area (Å²) >= 11 is 0. The van der Waals surface area contributed by atoms with Crippen molar-refractivity contribution < 1.29 is 19.0 Å². The van der Waals surface area contributed by atoms with Crippen LogP contribution in [0.4, 0.5) is 0 Å². The number of fused-ring (bicyclic) bond motifs is 1. The summed E-state index contributed by atoms with van der Waals surface area (Å²) < 4.78 is 17.0. The first-order chi connectivity index (χ1) is 12.1. The maximum Gasteiger partial charge on any atom is 0.229 e. The van der Waals surface area contributed by atoms with Crippen LogP contribution in [-0.2, 0) is 9.53 Å². The van der Waals surface area contributed by atoms with Crippen molar-refractivity contribution in [2.24, 2.45) is 5.92 Å². The molecule has 2 N–H and O–H groups in total. The van der Waals surface area contributed by atoms with Gasteiger partial charge in [0.05, 0.1) is 24.2 Å². The van der Waals surface area contributed by atoms with E-state index in [1.165, 1.54) is 0 Å². The minimum absolute atomic E-state index is 0.0720. The number of nitrogens with one attached hydrogen (secondary N) is 2. The van der Waals surface area contributed by atoms with Gasteiger partial charge in [-0.2, -0.15) is 0 Å². The lowest BCUT2D eigenvalue weighted by molar-refractivity contribution is -0.147. The van der Waals surface area contributed by atoms with Crippen molar-refractivity contribution in [3.8, 4) is 11.5 Å². The van der Waals surface area contributed by atoms with E-state index in [1.54, 1.807) is 0 Å². The molecule has 0 spiro atoms. The molecule has 0 bridgehead atoms. The zero-order valence-corrected chi connectivity index (χ0v) is 14.7. The van der Waals surface area contributed by atoms with E-state index in [9.17, 15) is 4.79 Å². The molecule has 136 valence electrons. The average Bonchev–Trinajstić information content (AvgIpc) is 3.09. The summed E-state index contributed by atoms with van der Waals surface area (Å²) in [7, 11) is 0. The highest BCUT2D eigenvalue weighted by molar-refractivity contribution is 5.80. The molecule has 7 nitrogen and oxygen atoms in total. The van der Waals surface area contributed by atoms with Crippen LogP contribution in [0, 0.1) is 5.92 Å². The molecule has 3 heterocycles. The number of carbonyl (C=O) groups excluding carboxylic acids is 1. The third-order valence-electron chi connectivity index (χ3n) is 4.96. The summed E-state index contributed by atoms with van der Waals surface area (Å²) in [6.45, 7) is 7.06. The van der Waals surface area contributed by atoms with Gasteiger partial charge < -0.3 is 19.1 Å². The van der Waals surface area contributed by atoms with E-state index in [4.69, 9.17) is 14.2 Å². The molecule has 4 rings (SSSR count). The van der Waals surface area contributed by atoms with Crippen molar-refractivity contribution in [1.29, 1.82) is 0 Å². The lowest BCUT2D eigenvalue weighted by Crippen LogP contribution is -2.51. The zero-order valence-electron chi connectivity index (χ0n) is 14.7. The molecule has 4 atom stereocenters. The fraction of sp³-hybridized carbons (Fsp3) is 0.611. The number of ether oxygens (including phenoxy) is 3. The van der Waals surface area contributed by atoms with Gasteiger partial charge in [-0.3, -0.25) is 10.2 Å². The first-order valence-corrected chi connectivity index (χ1v) is 8.94. The van der Waals surface area contributed by atoms with Crippen LogP contribution in [0.25, 0.3) is 0 Å². The molecule has 0 aliphatic carbocycles. The number of nitrogens with zero attached hydrogens (tertiary/aromatic N) is 1. The van der Waals surface area contributed by atoms with Crippen molar-refractivity contribution >= 4 is 5.91 Å². The Morgan fingerprint density at radius 2 is 1.84 bits per heavy atom. The van der Waals surface area contributed by atoms with Gasteiger partial charge >= 0.3 is 0 Å². The molecule has 3 aliphatic rings. The van der Waals surface area contributed by atoms with Gasteiger partial charge in [0.15, 0.2) is 11.5 Å². The first kappa shape index (κ1) is 16.6. The Kier molecular flexibility index (Phi) is 4.54. The van der Waals surface area contributed by atoms with Crippen LogP contribution in [0.3, 0.4) is 0 Å². The fourth-order valence-corrected chi connectivity index (χ4v) is 3.89. The maximum atomic E-state index is 13.1. The van der Waals surface area contributed by atoms with Crippen LogP contribution in [0.15, 0.2) is 18.2 Å². The second kappa shape index (κ2) is 6.82. The van der Waals surface area contributed by atoms with E-state index < -0.39 is 0 Å². The Bertz CT molecular complexity index is 643. The molecule has 1 aromatic carbocycles. The number of hydrazine groups is 1. The van der Waals surface area contributed by atoms with Gasteiger partial charge in [0.25, 0.3) is 0 Å². The molecule has 2 saturated heterocycles. The Morgan fingerprint density at radius 1 is 1.12 bits per heavy atom. The number of benzene rings is 1. The van der Waals surface area contributed by atoms with Gasteiger partial charge in [-0.25, -0.2) is 5.43 Å². The van der Waals surface area contributed by atoms with Crippen molar-refractivity contribution in [3.63, 3.8) is 0 Å². The van der Waals surface area contributed by atoms with Gasteiger partial charge in [-0.15, -0.1) is 0 Å². The Hall–Kier alpha value is -1.83.